The first-order chi connectivity index (χ1) is 7.41. The zero-order chi connectivity index (χ0) is 11.2. The van der Waals surface area contributed by atoms with Crippen LogP contribution < -0.4 is 0 Å². The van der Waals surface area contributed by atoms with Crippen LogP contribution >= 0.6 is 8.46 Å². The van der Waals surface area contributed by atoms with Gasteiger partial charge in [0.25, 0.3) is 0 Å². The van der Waals surface area contributed by atoms with Crippen molar-refractivity contribution in [3.8, 4) is 0 Å². The van der Waals surface area contributed by atoms with E-state index in [4.69, 9.17) is 0 Å². The van der Waals surface area contributed by atoms with Crippen LogP contribution in [0.25, 0.3) is 0 Å². The van der Waals surface area contributed by atoms with Crippen LogP contribution in [0.2, 0.25) is 0 Å². The fourth-order valence-corrected chi connectivity index (χ4v) is 2.19. The molecule has 0 saturated carbocycles. The van der Waals surface area contributed by atoms with Crippen LogP contribution in [0.15, 0.2) is 0 Å². The molecule has 0 saturated heterocycles. The second-order valence-electron chi connectivity index (χ2n) is 4.39. The van der Waals surface area contributed by atoms with E-state index >= 15 is 0 Å². The molecule has 0 aliphatic rings. The van der Waals surface area contributed by atoms with Crippen molar-refractivity contribution in [1.29, 1.82) is 0 Å². The molecule has 0 aromatic rings. The SMILES string of the molecule is CCCCCCCCCCCCCP=O. The van der Waals surface area contributed by atoms with Crippen molar-refractivity contribution in [3.63, 3.8) is 0 Å². The van der Waals surface area contributed by atoms with Crippen molar-refractivity contribution in [1.82, 2.24) is 0 Å². The Kier molecular flexibility index (Phi) is 14.2. The monoisotopic (exact) mass is 230 g/mol. The van der Waals surface area contributed by atoms with Crippen LogP contribution in [-0.4, -0.2) is 6.16 Å². The molecule has 1 nitrogen and oxygen atoms in total. The summed E-state index contributed by atoms with van der Waals surface area (Å²) in [4.78, 5) is 0. The van der Waals surface area contributed by atoms with Gasteiger partial charge in [0.15, 0.2) is 8.46 Å². The molecule has 0 N–H and O–H groups in total. The molecule has 90 valence electrons. The van der Waals surface area contributed by atoms with Gasteiger partial charge in [-0.1, -0.05) is 71.1 Å². The molecular weight excluding hydrogens is 203 g/mol. The van der Waals surface area contributed by atoms with Gasteiger partial charge in [-0.2, -0.15) is 0 Å². The zero-order valence-electron chi connectivity index (χ0n) is 10.3. The molecule has 0 atom stereocenters. The summed E-state index contributed by atoms with van der Waals surface area (Å²) >= 11 is 0. The molecule has 2 heteroatoms. The third-order valence-corrected chi connectivity index (χ3v) is 3.35. The summed E-state index contributed by atoms with van der Waals surface area (Å²) in [6.07, 6.45) is 15.9. The van der Waals surface area contributed by atoms with E-state index in [0.29, 0.717) is 8.46 Å². The first-order valence-electron chi connectivity index (χ1n) is 6.71. The third-order valence-electron chi connectivity index (χ3n) is 2.85. The summed E-state index contributed by atoms with van der Waals surface area (Å²) in [6.45, 7) is 2.27. The molecule has 15 heavy (non-hydrogen) atoms. The van der Waals surface area contributed by atoms with Crippen LogP contribution in [0.1, 0.15) is 77.6 Å². The number of rotatable bonds is 12. The van der Waals surface area contributed by atoms with Gasteiger partial charge in [-0.25, -0.2) is 0 Å². The van der Waals surface area contributed by atoms with Gasteiger partial charge in [0.1, 0.15) is 0 Å². The van der Waals surface area contributed by atoms with E-state index in [9.17, 15) is 4.57 Å². The van der Waals surface area contributed by atoms with Gasteiger partial charge in [-0.15, -0.1) is 0 Å². The minimum Gasteiger partial charge on any atom is -0.275 e. The standard InChI is InChI=1S/C13H27OP/c1-2-3-4-5-6-7-8-9-10-11-12-13-15-14/h2-13H2,1H3. The molecule has 0 amide bonds. The maximum atomic E-state index is 10.2. The van der Waals surface area contributed by atoms with Crippen molar-refractivity contribution < 1.29 is 4.57 Å². The van der Waals surface area contributed by atoms with Gasteiger partial charge >= 0.3 is 0 Å². The number of hydrogen-bond acceptors (Lipinski definition) is 1. The van der Waals surface area contributed by atoms with Gasteiger partial charge in [-0.05, 0) is 6.42 Å². The lowest BCUT2D eigenvalue weighted by molar-refractivity contribution is 0.553. The normalized spacial score (nSPS) is 11.0. The van der Waals surface area contributed by atoms with E-state index in [2.05, 4.69) is 6.92 Å². The Morgan fingerprint density at radius 3 is 1.47 bits per heavy atom. The topological polar surface area (TPSA) is 17.1 Å². The lowest BCUT2D eigenvalue weighted by Crippen LogP contribution is -1.82. The molecule has 0 aliphatic carbocycles. The van der Waals surface area contributed by atoms with E-state index in [-0.39, 0.29) is 0 Å². The summed E-state index contributed by atoms with van der Waals surface area (Å²) in [5.41, 5.74) is 0. The second kappa shape index (κ2) is 14.1. The Morgan fingerprint density at radius 2 is 1.07 bits per heavy atom. The quantitative estimate of drug-likeness (QED) is 0.315. The molecule has 0 unspecified atom stereocenters. The Labute approximate surface area is 97.2 Å². The molecule has 0 rings (SSSR count). The van der Waals surface area contributed by atoms with E-state index in [1.54, 1.807) is 0 Å². The maximum absolute atomic E-state index is 10.2. The largest absolute Gasteiger partial charge is 0.275 e. The van der Waals surface area contributed by atoms with Crippen LogP contribution in [0, 0.1) is 0 Å². The third kappa shape index (κ3) is 14.1. The molecule has 0 aromatic carbocycles. The predicted octanol–water partition coefficient (Wildman–Crippen LogP) is 5.59. The number of unbranched alkanes of at least 4 members (excludes halogenated alkanes) is 10. The van der Waals surface area contributed by atoms with E-state index < -0.39 is 0 Å². The Bertz CT molecular complexity index is 126. The van der Waals surface area contributed by atoms with Crippen molar-refractivity contribution >= 4 is 8.46 Å². The number of hydrogen-bond donors (Lipinski definition) is 0. The Balaban J connectivity index is 2.83. The zero-order valence-corrected chi connectivity index (χ0v) is 11.2. The average Bonchev–Trinajstić information content (AvgIpc) is 2.26. The van der Waals surface area contributed by atoms with Crippen LogP contribution in [0.3, 0.4) is 0 Å². The predicted molar refractivity (Wildman–Crippen MR) is 68.9 cm³/mol. The summed E-state index contributed by atoms with van der Waals surface area (Å²) in [6, 6.07) is 0. The summed E-state index contributed by atoms with van der Waals surface area (Å²) < 4.78 is 10.2. The van der Waals surface area contributed by atoms with Crippen molar-refractivity contribution in [3.05, 3.63) is 0 Å². The Hall–Kier alpha value is 0.100. The molecule has 0 fully saturated rings. The Morgan fingerprint density at radius 1 is 0.667 bits per heavy atom. The highest BCUT2D eigenvalue weighted by molar-refractivity contribution is 7.23. The molecule has 0 radical (unpaired) electrons. The second-order valence-corrected chi connectivity index (χ2v) is 5.09. The smallest absolute Gasteiger partial charge is 0.155 e. The van der Waals surface area contributed by atoms with Gasteiger partial charge in [0.2, 0.25) is 0 Å². The fraction of sp³-hybridized carbons (Fsp3) is 1.00. The molecular formula is C13H27OP. The highest BCUT2D eigenvalue weighted by atomic mass is 31.1. The van der Waals surface area contributed by atoms with Gasteiger partial charge in [-0.3, -0.25) is 4.57 Å². The van der Waals surface area contributed by atoms with Crippen LogP contribution in [-0.2, 0) is 4.57 Å². The highest BCUT2D eigenvalue weighted by Crippen LogP contribution is 2.11. The van der Waals surface area contributed by atoms with Gasteiger partial charge < -0.3 is 0 Å². The van der Waals surface area contributed by atoms with Crippen molar-refractivity contribution in [2.75, 3.05) is 6.16 Å². The average molecular weight is 230 g/mol. The summed E-state index contributed by atoms with van der Waals surface area (Å²) in [5, 5.41) is 0. The van der Waals surface area contributed by atoms with E-state index in [0.717, 1.165) is 12.6 Å². The minimum absolute atomic E-state index is 0.325. The summed E-state index contributed by atoms with van der Waals surface area (Å²) in [7, 11) is 0.325. The first-order valence-corrected chi connectivity index (χ1v) is 7.70. The van der Waals surface area contributed by atoms with Gasteiger partial charge in [0, 0.05) is 6.16 Å². The fourth-order valence-electron chi connectivity index (χ4n) is 1.84. The van der Waals surface area contributed by atoms with Crippen molar-refractivity contribution in [2.45, 2.75) is 77.6 Å². The maximum Gasteiger partial charge on any atom is 0.155 e. The molecule has 0 aromatic heterocycles. The lowest BCUT2D eigenvalue weighted by atomic mass is 10.1. The molecule has 0 heterocycles. The molecule has 0 bridgehead atoms. The van der Waals surface area contributed by atoms with Crippen LogP contribution in [0.5, 0.6) is 0 Å². The minimum atomic E-state index is 0.325. The lowest BCUT2D eigenvalue weighted by Gasteiger charge is -2.01. The highest BCUT2D eigenvalue weighted by Gasteiger charge is 1.92. The molecule has 0 aliphatic heterocycles. The molecule has 0 spiro atoms. The van der Waals surface area contributed by atoms with Gasteiger partial charge in [0.05, 0.1) is 0 Å². The van der Waals surface area contributed by atoms with E-state index in [1.165, 1.54) is 64.2 Å². The summed E-state index contributed by atoms with van der Waals surface area (Å²) in [5.74, 6) is 0. The van der Waals surface area contributed by atoms with Crippen LogP contribution in [0.4, 0.5) is 0 Å². The van der Waals surface area contributed by atoms with E-state index in [1.807, 2.05) is 0 Å². The van der Waals surface area contributed by atoms with Crippen molar-refractivity contribution in [2.24, 2.45) is 0 Å². The first kappa shape index (κ1) is 15.1.